The summed E-state index contributed by atoms with van der Waals surface area (Å²) in [6, 6.07) is 12.1. The number of amides is 1. The Bertz CT molecular complexity index is 1240. The maximum Gasteiger partial charge on any atom is 0.257 e. The fourth-order valence-electron chi connectivity index (χ4n) is 5.76. The second-order valence-corrected chi connectivity index (χ2v) is 11.8. The Kier molecular flexibility index (Phi) is 6.49. The van der Waals surface area contributed by atoms with Crippen molar-refractivity contribution in [3.63, 3.8) is 0 Å². The van der Waals surface area contributed by atoms with Gasteiger partial charge in [0.05, 0.1) is 11.2 Å². The number of likely N-dealkylation sites (tertiary alicyclic amines) is 1. The molecular formula is C28H32IN5O. The van der Waals surface area contributed by atoms with E-state index in [-0.39, 0.29) is 5.91 Å². The molecule has 3 aromatic rings. The van der Waals surface area contributed by atoms with Gasteiger partial charge in [-0.25, -0.2) is 4.98 Å². The van der Waals surface area contributed by atoms with Gasteiger partial charge in [0, 0.05) is 33.2 Å². The summed E-state index contributed by atoms with van der Waals surface area (Å²) in [5.41, 5.74) is 4.46. The van der Waals surface area contributed by atoms with E-state index in [1.54, 1.807) is 0 Å². The number of halogens is 1. The van der Waals surface area contributed by atoms with Crippen LogP contribution in [0.15, 0.2) is 42.6 Å². The highest BCUT2D eigenvalue weighted by atomic mass is 127. The van der Waals surface area contributed by atoms with Gasteiger partial charge in [-0.1, -0.05) is 6.07 Å². The lowest BCUT2D eigenvalue weighted by molar-refractivity contribution is 0.102. The predicted molar refractivity (Wildman–Crippen MR) is 148 cm³/mol. The molecule has 1 spiro atoms. The van der Waals surface area contributed by atoms with Gasteiger partial charge in [0.25, 0.3) is 5.91 Å². The van der Waals surface area contributed by atoms with Crippen LogP contribution in [0.1, 0.15) is 66.1 Å². The molecule has 0 unspecified atom stereocenters. The highest BCUT2D eigenvalue weighted by molar-refractivity contribution is 14.1. The zero-order valence-electron chi connectivity index (χ0n) is 20.0. The van der Waals surface area contributed by atoms with Crippen molar-refractivity contribution in [3.8, 4) is 0 Å². The van der Waals surface area contributed by atoms with Crippen LogP contribution in [0.3, 0.4) is 0 Å². The average Bonchev–Trinajstić information content (AvgIpc) is 3.64. The number of nitrogens with zero attached hydrogens (tertiary/aromatic N) is 3. The number of hydrogen-bond donors (Lipinski definition) is 2. The predicted octanol–water partition coefficient (Wildman–Crippen LogP) is 5.33. The number of carbonyl (C=O) groups excluding carboxylic acids is 1. The minimum absolute atomic E-state index is 0.0842. The summed E-state index contributed by atoms with van der Waals surface area (Å²) in [6.07, 6.45) is 9.32. The number of carbonyl (C=O) groups is 1. The Morgan fingerprint density at radius 3 is 2.69 bits per heavy atom. The van der Waals surface area contributed by atoms with Crippen LogP contribution in [0.4, 0.5) is 5.82 Å². The molecule has 2 saturated heterocycles. The van der Waals surface area contributed by atoms with Gasteiger partial charge in [0.1, 0.15) is 5.82 Å². The van der Waals surface area contributed by atoms with E-state index in [0.717, 1.165) is 76.9 Å². The largest absolute Gasteiger partial charge is 0.317 e. The van der Waals surface area contributed by atoms with Crippen molar-refractivity contribution in [2.24, 2.45) is 5.41 Å². The molecule has 0 bridgehead atoms. The number of hydrogen-bond acceptors (Lipinski definition) is 5. The molecule has 182 valence electrons. The third kappa shape index (κ3) is 5.08. The Balaban J connectivity index is 1.25. The van der Waals surface area contributed by atoms with E-state index < -0.39 is 0 Å². The van der Waals surface area contributed by atoms with Gasteiger partial charge in [-0.3, -0.25) is 14.7 Å². The fraction of sp³-hybridized carbons (Fsp3) is 0.464. The Hall–Kier alpha value is -2.10. The first-order valence-electron chi connectivity index (χ1n) is 12.9. The van der Waals surface area contributed by atoms with Gasteiger partial charge in [-0.15, -0.1) is 0 Å². The first kappa shape index (κ1) is 23.3. The van der Waals surface area contributed by atoms with Crippen LogP contribution in [0.25, 0.3) is 10.9 Å². The summed E-state index contributed by atoms with van der Waals surface area (Å²) in [6.45, 7) is 5.06. The van der Waals surface area contributed by atoms with Gasteiger partial charge in [0.15, 0.2) is 0 Å². The van der Waals surface area contributed by atoms with Gasteiger partial charge in [0.2, 0.25) is 0 Å². The van der Waals surface area contributed by atoms with Crippen LogP contribution in [0, 0.1) is 8.99 Å². The van der Waals surface area contributed by atoms with Crippen LogP contribution in [-0.2, 0) is 6.54 Å². The number of fused-ring (bicyclic) bond motifs is 1. The smallest absolute Gasteiger partial charge is 0.257 e. The van der Waals surface area contributed by atoms with E-state index >= 15 is 0 Å². The summed E-state index contributed by atoms with van der Waals surface area (Å²) in [4.78, 5) is 25.6. The minimum Gasteiger partial charge on any atom is -0.317 e. The highest BCUT2D eigenvalue weighted by Gasteiger charge is 2.44. The molecule has 2 aromatic heterocycles. The van der Waals surface area contributed by atoms with Crippen LogP contribution in [0.2, 0.25) is 0 Å². The topological polar surface area (TPSA) is 70.1 Å². The maximum atomic E-state index is 13.5. The van der Waals surface area contributed by atoms with E-state index in [1.807, 2.05) is 30.5 Å². The van der Waals surface area contributed by atoms with Crippen molar-refractivity contribution in [1.29, 1.82) is 0 Å². The van der Waals surface area contributed by atoms with E-state index in [1.165, 1.54) is 25.7 Å². The Labute approximate surface area is 220 Å². The molecule has 1 amide bonds. The first-order chi connectivity index (χ1) is 17.1. The molecule has 1 saturated carbocycles. The Morgan fingerprint density at radius 1 is 1.11 bits per heavy atom. The molecular weight excluding hydrogens is 549 g/mol. The number of aromatic nitrogens is 2. The van der Waals surface area contributed by atoms with Gasteiger partial charge in [-0.2, -0.15) is 0 Å². The third-order valence-corrected chi connectivity index (χ3v) is 8.83. The molecule has 7 heteroatoms. The van der Waals surface area contributed by atoms with Crippen molar-refractivity contribution in [2.45, 2.75) is 51.0 Å². The molecule has 3 fully saturated rings. The second kappa shape index (κ2) is 9.75. The summed E-state index contributed by atoms with van der Waals surface area (Å²) in [5.74, 6) is 0.884. The second-order valence-electron chi connectivity index (χ2n) is 10.5. The highest BCUT2D eigenvalue weighted by Crippen LogP contribution is 2.53. The van der Waals surface area contributed by atoms with Crippen LogP contribution in [-0.4, -0.2) is 47.0 Å². The number of pyridine rings is 2. The Morgan fingerprint density at radius 2 is 1.91 bits per heavy atom. The SMILES string of the molecule is O=C(Nc1cc2cccnc2c(C2CCNCC2)n1)c1ccc(I)cc1CN1CCC2(CC1)CC2. The molecule has 6 rings (SSSR count). The molecule has 0 atom stereocenters. The van der Waals surface area contributed by atoms with E-state index in [9.17, 15) is 4.79 Å². The molecule has 2 N–H and O–H groups in total. The molecule has 2 aliphatic heterocycles. The van der Waals surface area contributed by atoms with E-state index in [0.29, 0.717) is 17.2 Å². The van der Waals surface area contributed by atoms with Crippen molar-refractivity contribution in [3.05, 3.63) is 63.0 Å². The lowest BCUT2D eigenvalue weighted by atomic mass is 9.92. The molecule has 6 nitrogen and oxygen atoms in total. The monoisotopic (exact) mass is 581 g/mol. The molecule has 1 aromatic carbocycles. The summed E-state index contributed by atoms with van der Waals surface area (Å²) >= 11 is 2.34. The van der Waals surface area contributed by atoms with Gasteiger partial charge < -0.3 is 10.6 Å². The average molecular weight is 582 g/mol. The molecule has 35 heavy (non-hydrogen) atoms. The number of anilines is 1. The zero-order valence-corrected chi connectivity index (χ0v) is 22.2. The van der Waals surface area contributed by atoms with Gasteiger partial charge in [-0.05, 0) is 129 Å². The molecule has 3 aliphatic rings. The lowest BCUT2D eigenvalue weighted by Gasteiger charge is -2.32. The summed E-state index contributed by atoms with van der Waals surface area (Å²) in [5, 5.41) is 7.59. The van der Waals surface area contributed by atoms with E-state index in [4.69, 9.17) is 4.98 Å². The number of nitrogens with one attached hydrogen (secondary N) is 2. The first-order valence-corrected chi connectivity index (χ1v) is 14.0. The van der Waals surface area contributed by atoms with Crippen molar-refractivity contribution >= 4 is 45.2 Å². The standard InChI is InChI=1S/C28H32IN5O/c29-22-3-4-23(21(16-22)18-34-14-9-28(7-8-28)10-15-34)27(35)33-24-17-20-2-1-11-31-25(20)26(32-24)19-5-12-30-13-6-19/h1-4,11,16-17,19,30H,5-10,12-15,18H2,(H,32,33,35). The zero-order chi connectivity index (χ0) is 23.8. The third-order valence-electron chi connectivity index (χ3n) is 8.16. The minimum atomic E-state index is -0.0842. The molecule has 0 radical (unpaired) electrons. The van der Waals surface area contributed by atoms with Crippen molar-refractivity contribution in [1.82, 2.24) is 20.2 Å². The number of piperidine rings is 2. The van der Waals surface area contributed by atoms with Crippen molar-refractivity contribution in [2.75, 3.05) is 31.5 Å². The number of rotatable bonds is 5. The van der Waals surface area contributed by atoms with Crippen LogP contribution < -0.4 is 10.6 Å². The fourth-order valence-corrected chi connectivity index (χ4v) is 6.31. The van der Waals surface area contributed by atoms with Crippen molar-refractivity contribution < 1.29 is 4.79 Å². The van der Waals surface area contributed by atoms with Gasteiger partial charge >= 0.3 is 0 Å². The lowest BCUT2D eigenvalue weighted by Crippen LogP contribution is -2.34. The quantitative estimate of drug-likeness (QED) is 0.399. The van der Waals surface area contributed by atoms with Crippen LogP contribution in [0.5, 0.6) is 0 Å². The van der Waals surface area contributed by atoms with Crippen LogP contribution >= 0.6 is 22.6 Å². The van der Waals surface area contributed by atoms with E-state index in [2.05, 4.69) is 55.2 Å². The maximum absolute atomic E-state index is 13.5. The summed E-state index contributed by atoms with van der Waals surface area (Å²) in [7, 11) is 0. The number of benzene rings is 1. The molecule has 4 heterocycles. The normalized spacial score (nSPS) is 20.3. The molecule has 1 aliphatic carbocycles. The summed E-state index contributed by atoms with van der Waals surface area (Å²) < 4.78 is 1.16.